The number of aromatic amines is 1. The molecule has 5 nitrogen and oxygen atoms in total. The zero-order valence-electron chi connectivity index (χ0n) is 12.0. The van der Waals surface area contributed by atoms with Crippen LogP contribution in [0.3, 0.4) is 0 Å². The van der Waals surface area contributed by atoms with Gasteiger partial charge in [0, 0.05) is 20.9 Å². The van der Waals surface area contributed by atoms with Gasteiger partial charge in [-0.15, -0.1) is 0 Å². The van der Waals surface area contributed by atoms with Gasteiger partial charge in [-0.1, -0.05) is 46.3 Å². The van der Waals surface area contributed by atoms with Crippen molar-refractivity contribution in [1.29, 1.82) is 0 Å². The molecule has 2 aromatic carbocycles. The fourth-order valence-electron chi connectivity index (χ4n) is 2.47. The summed E-state index contributed by atoms with van der Waals surface area (Å²) in [6, 6.07) is 14.8. The van der Waals surface area contributed by atoms with Crippen LogP contribution in [0.4, 0.5) is 5.69 Å². The Labute approximate surface area is 140 Å². The summed E-state index contributed by atoms with van der Waals surface area (Å²) in [5.41, 5.74) is 1.79. The number of carbonyl (C=O) groups is 1. The maximum atomic E-state index is 12.4. The van der Waals surface area contributed by atoms with Gasteiger partial charge in [-0.25, -0.2) is 0 Å². The number of hydrogen-bond donors (Lipinski definition) is 3. The molecule has 0 atom stereocenters. The number of aromatic nitrogens is 1. The second-order valence-electron chi connectivity index (χ2n) is 4.97. The highest BCUT2D eigenvalue weighted by Crippen LogP contribution is 2.33. The molecule has 116 valence electrons. The van der Waals surface area contributed by atoms with Gasteiger partial charge in [0.25, 0.3) is 5.56 Å². The molecule has 23 heavy (non-hydrogen) atoms. The van der Waals surface area contributed by atoms with Gasteiger partial charge >= 0.3 is 0 Å². The molecule has 0 aliphatic heterocycles. The van der Waals surface area contributed by atoms with E-state index < -0.39 is 18.1 Å². The number of carbonyl (C=O) groups excluding carboxylic acids is 1. The molecule has 0 aliphatic rings. The average molecular weight is 373 g/mol. The molecule has 6 heteroatoms. The molecule has 3 aromatic rings. The van der Waals surface area contributed by atoms with Gasteiger partial charge in [0.2, 0.25) is 5.91 Å². The lowest BCUT2D eigenvalue weighted by atomic mass is 9.99. The van der Waals surface area contributed by atoms with Gasteiger partial charge in [-0.2, -0.15) is 0 Å². The minimum absolute atomic E-state index is 0.126. The first-order valence-electron chi connectivity index (χ1n) is 6.92. The summed E-state index contributed by atoms with van der Waals surface area (Å²) in [6.07, 6.45) is 0. The Morgan fingerprint density at radius 3 is 2.61 bits per heavy atom. The highest BCUT2D eigenvalue weighted by Gasteiger charge is 2.16. The molecule has 0 bridgehead atoms. The van der Waals surface area contributed by atoms with Gasteiger partial charge in [0.1, 0.15) is 12.3 Å². The lowest BCUT2D eigenvalue weighted by Crippen LogP contribution is -2.23. The number of benzene rings is 2. The second kappa shape index (κ2) is 6.36. The number of aliphatic hydroxyl groups excluding tert-OH is 1. The molecule has 0 saturated carbocycles. The fourth-order valence-corrected chi connectivity index (χ4v) is 2.83. The molecular weight excluding hydrogens is 360 g/mol. The molecule has 0 spiro atoms. The number of rotatable bonds is 3. The molecule has 0 unspecified atom stereocenters. The van der Waals surface area contributed by atoms with Crippen LogP contribution in [0.25, 0.3) is 22.0 Å². The van der Waals surface area contributed by atoms with E-state index >= 15 is 0 Å². The maximum absolute atomic E-state index is 12.4. The van der Waals surface area contributed by atoms with Crippen molar-refractivity contribution in [3.05, 3.63) is 63.4 Å². The van der Waals surface area contributed by atoms with Crippen molar-refractivity contribution in [2.75, 3.05) is 11.9 Å². The van der Waals surface area contributed by atoms with E-state index in [9.17, 15) is 9.59 Å². The van der Waals surface area contributed by atoms with Gasteiger partial charge in [-0.05, 0) is 23.8 Å². The van der Waals surface area contributed by atoms with E-state index in [1.165, 1.54) is 0 Å². The number of amides is 1. The molecule has 1 aromatic heterocycles. The van der Waals surface area contributed by atoms with Crippen molar-refractivity contribution in [2.24, 2.45) is 0 Å². The number of nitrogens with one attached hydrogen (secondary N) is 2. The van der Waals surface area contributed by atoms with Crippen molar-refractivity contribution in [3.8, 4) is 11.1 Å². The first-order valence-corrected chi connectivity index (χ1v) is 7.71. The highest BCUT2D eigenvalue weighted by molar-refractivity contribution is 9.10. The second-order valence-corrected chi connectivity index (χ2v) is 5.88. The van der Waals surface area contributed by atoms with Crippen molar-refractivity contribution >= 4 is 38.4 Å². The molecular formula is C17H13BrN2O3. The Balaban J connectivity index is 2.38. The molecule has 1 amide bonds. The summed E-state index contributed by atoms with van der Waals surface area (Å²) >= 11 is 3.43. The minimum Gasteiger partial charge on any atom is -0.387 e. The number of H-pyrrole nitrogens is 1. The van der Waals surface area contributed by atoms with Crippen LogP contribution in [-0.4, -0.2) is 22.6 Å². The summed E-state index contributed by atoms with van der Waals surface area (Å²) in [6.45, 7) is -0.690. The zero-order chi connectivity index (χ0) is 16.4. The third-order valence-corrected chi connectivity index (χ3v) is 3.94. The first-order chi connectivity index (χ1) is 11.1. The monoisotopic (exact) mass is 372 g/mol. The van der Waals surface area contributed by atoms with Gasteiger partial charge in [0.05, 0.1) is 0 Å². The fraction of sp³-hybridized carbons (Fsp3) is 0.0588. The molecule has 1 heterocycles. The topological polar surface area (TPSA) is 82.2 Å². The van der Waals surface area contributed by atoms with Crippen LogP contribution in [0.1, 0.15) is 0 Å². The largest absolute Gasteiger partial charge is 0.387 e. The number of aliphatic hydroxyl groups is 1. The predicted octanol–water partition coefficient (Wildman–Crippen LogP) is 2.89. The highest BCUT2D eigenvalue weighted by atomic mass is 79.9. The van der Waals surface area contributed by atoms with Crippen LogP contribution in [-0.2, 0) is 4.79 Å². The Morgan fingerprint density at radius 2 is 1.91 bits per heavy atom. The third kappa shape index (κ3) is 3.04. The van der Waals surface area contributed by atoms with E-state index in [0.29, 0.717) is 11.1 Å². The van der Waals surface area contributed by atoms with E-state index in [2.05, 4.69) is 26.2 Å². The van der Waals surface area contributed by atoms with Gasteiger partial charge < -0.3 is 15.4 Å². The lowest BCUT2D eigenvalue weighted by Gasteiger charge is -2.13. The number of fused-ring (bicyclic) bond motifs is 1. The van der Waals surface area contributed by atoms with E-state index in [1.54, 1.807) is 6.07 Å². The summed E-state index contributed by atoms with van der Waals surface area (Å²) in [4.78, 5) is 26.7. The van der Waals surface area contributed by atoms with Crippen LogP contribution in [0, 0.1) is 0 Å². The van der Waals surface area contributed by atoms with Crippen LogP contribution in [0.15, 0.2) is 57.8 Å². The first kappa shape index (κ1) is 15.5. The standard InChI is InChI=1S/C17H13BrN2O3/c18-11-6-7-13-12(8-11)15(10-4-2-1-3-5-10)16(17(23)19-13)20-14(22)9-21/h1-8,21H,9H2,(H,19,23)(H,20,22). The summed E-state index contributed by atoms with van der Waals surface area (Å²) in [7, 11) is 0. The molecule has 0 saturated heterocycles. The molecule has 0 aliphatic carbocycles. The predicted molar refractivity (Wildman–Crippen MR) is 93.4 cm³/mol. The summed E-state index contributed by atoms with van der Waals surface area (Å²) < 4.78 is 0.855. The molecule has 3 N–H and O–H groups in total. The summed E-state index contributed by atoms with van der Waals surface area (Å²) in [5.74, 6) is -0.637. The van der Waals surface area contributed by atoms with Crippen molar-refractivity contribution < 1.29 is 9.90 Å². The van der Waals surface area contributed by atoms with E-state index in [0.717, 1.165) is 15.4 Å². The van der Waals surface area contributed by atoms with E-state index in [-0.39, 0.29) is 5.69 Å². The molecule has 0 radical (unpaired) electrons. The third-order valence-electron chi connectivity index (χ3n) is 3.45. The quantitative estimate of drug-likeness (QED) is 0.660. The zero-order valence-corrected chi connectivity index (χ0v) is 13.6. The van der Waals surface area contributed by atoms with Crippen LogP contribution < -0.4 is 10.9 Å². The Bertz CT molecular complexity index is 936. The van der Waals surface area contributed by atoms with Gasteiger partial charge in [0.15, 0.2) is 0 Å². The van der Waals surface area contributed by atoms with Crippen LogP contribution >= 0.6 is 15.9 Å². The van der Waals surface area contributed by atoms with E-state index in [4.69, 9.17) is 5.11 Å². The normalized spacial score (nSPS) is 10.7. The van der Waals surface area contributed by atoms with Crippen molar-refractivity contribution in [3.63, 3.8) is 0 Å². The van der Waals surface area contributed by atoms with Crippen molar-refractivity contribution in [1.82, 2.24) is 4.98 Å². The van der Waals surface area contributed by atoms with Crippen LogP contribution in [0.5, 0.6) is 0 Å². The number of anilines is 1. The lowest BCUT2D eigenvalue weighted by molar-refractivity contribution is -0.118. The Morgan fingerprint density at radius 1 is 1.17 bits per heavy atom. The van der Waals surface area contributed by atoms with E-state index in [1.807, 2.05) is 42.5 Å². The van der Waals surface area contributed by atoms with Crippen LogP contribution in [0.2, 0.25) is 0 Å². The maximum Gasteiger partial charge on any atom is 0.272 e. The Kier molecular flexibility index (Phi) is 4.27. The smallest absolute Gasteiger partial charge is 0.272 e. The number of pyridine rings is 1. The Hall–Kier alpha value is -2.44. The summed E-state index contributed by atoms with van der Waals surface area (Å²) in [5, 5.41) is 12.3. The molecule has 3 rings (SSSR count). The average Bonchev–Trinajstić information content (AvgIpc) is 2.56. The SMILES string of the molecule is O=C(CO)Nc1c(-c2ccccc2)c2cc(Br)ccc2[nH]c1=O. The number of hydrogen-bond acceptors (Lipinski definition) is 3. The molecule has 0 fully saturated rings. The minimum atomic E-state index is -0.690. The van der Waals surface area contributed by atoms with Gasteiger partial charge in [-0.3, -0.25) is 9.59 Å². The van der Waals surface area contributed by atoms with Crippen molar-refractivity contribution in [2.45, 2.75) is 0 Å². The number of halogens is 1.